The second-order valence-corrected chi connectivity index (χ2v) is 5.17. The van der Waals surface area contributed by atoms with E-state index in [1.54, 1.807) is 23.7 Å². The van der Waals surface area contributed by atoms with Crippen LogP contribution in [0.5, 0.6) is 0 Å². The summed E-state index contributed by atoms with van der Waals surface area (Å²) in [6.07, 6.45) is 3.49. The quantitative estimate of drug-likeness (QED) is 0.903. The van der Waals surface area contributed by atoms with Crippen molar-refractivity contribution in [3.8, 4) is 10.8 Å². The Morgan fingerprint density at radius 3 is 2.59 bits per heavy atom. The highest BCUT2D eigenvalue weighted by molar-refractivity contribution is 7.15. The van der Waals surface area contributed by atoms with Crippen LogP contribution in [0.2, 0.25) is 0 Å². The van der Waals surface area contributed by atoms with E-state index in [-0.39, 0.29) is 0 Å². The number of thiazole rings is 1. The largest absolute Gasteiger partial charge is 0.315 e. The van der Waals surface area contributed by atoms with Gasteiger partial charge in [0.05, 0.1) is 5.69 Å². The molecule has 2 rings (SSSR count). The van der Waals surface area contributed by atoms with Crippen molar-refractivity contribution in [2.75, 3.05) is 7.05 Å². The molecular formula is C12H16N4S. The van der Waals surface area contributed by atoms with E-state index in [9.17, 15) is 0 Å². The van der Waals surface area contributed by atoms with E-state index in [2.05, 4.69) is 34.1 Å². The summed E-state index contributed by atoms with van der Waals surface area (Å²) in [6, 6.07) is 1.81. The van der Waals surface area contributed by atoms with Gasteiger partial charge in [-0.2, -0.15) is 0 Å². The Labute approximate surface area is 105 Å². The molecule has 2 heterocycles. The molecule has 90 valence electrons. The van der Waals surface area contributed by atoms with Gasteiger partial charge in [-0.25, -0.2) is 15.0 Å². The standard InChI is InChI=1S/C12H16N4S/c1-8(2)10-9(7-13-3)17-12(16-10)11-14-5-4-6-15-11/h4-6,8,13H,7H2,1-3H3. The first-order valence-electron chi connectivity index (χ1n) is 5.64. The summed E-state index contributed by atoms with van der Waals surface area (Å²) in [7, 11) is 1.95. The lowest BCUT2D eigenvalue weighted by Gasteiger charge is -2.03. The topological polar surface area (TPSA) is 50.7 Å². The summed E-state index contributed by atoms with van der Waals surface area (Å²) in [5, 5.41) is 4.08. The molecule has 0 aromatic carbocycles. The highest BCUT2D eigenvalue weighted by atomic mass is 32.1. The Morgan fingerprint density at radius 1 is 1.29 bits per heavy atom. The molecule has 2 aromatic rings. The third-order valence-corrected chi connectivity index (χ3v) is 3.44. The highest BCUT2D eigenvalue weighted by Crippen LogP contribution is 2.29. The molecule has 0 radical (unpaired) electrons. The van der Waals surface area contributed by atoms with Crippen LogP contribution in [0.1, 0.15) is 30.3 Å². The average molecular weight is 248 g/mol. The van der Waals surface area contributed by atoms with Crippen LogP contribution < -0.4 is 5.32 Å². The number of aromatic nitrogens is 3. The first-order valence-corrected chi connectivity index (χ1v) is 6.45. The Morgan fingerprint density at radius 2 is 2.00 bits per heavy atom. The molecule has 0 saturated carbocycles. The molecule has 5 heteroatoms. The number of hydrogen-bond donors (Lipinski definition) is 1. The van der Waals surface area contributed by atoms with Crippen molar-refractivity contribution in [3.63, 3.8) is 0 Å². The molecule has 0 saturated heterocycles. The molecule has 1 N–H and O–H groups in total. The molecule has 0 aliphatic heterocycles. The smallest absolute Gasteiger partial charge is 0.188 e. The number of nitrogens with zero attached hydrogens (tertiary/aromatic N) is 3. The molecular weight excluding hydrogens is 232 g/mol. The molecule has 0 bridgehead atoms. The molecule has 0 spiro atoms. The Hall–Kier alpha value is -1.33. The van der Waals surface area contributed by atoms with Gasteiger partial charge in [-0.05, 0) is 19.0 Å². The van der Waals surface area contributed by atoms with Gasteiger partial charge in [0.1, 0.15) is 0 Å². The van der Waals surface area contributed by atoms with Crippen LogP contribution >= 0.6 is 11.3 Å². The van der Waals surface area contributed by atoms with Gasteiger partial charge < -0.3 is 5.32 Å². The highest BCUT2D eigenvalue weighted by Gasteiger charge is 2.15. The van der Waals surface area contributed by atoms with Gasteiger partial charge in [0.2, 0.25) is 0 Å². The van der Waals surface area contributed by atoms with Crippen molar-refractivity contribution >= 4 is 11.3 Å². The van der Waals surface area contributed by atoms with Crippen molar-refractivity contribution in [1.29, 1.82) is 0 Å². The van der Waals surface area contributed by atoms with Crippen LogP contribution in [0.25, 0.3) is 10.8 Å². The van der Waals surface area contributed by atoms with E-state index in [0.29, 0.717) is 11.7 Å². The lowest BCUT2D eigenvalue weighted by atomic mass is 10.1. The number of nitrogens with one attached hydrogen (secondary N) is 1. The number of hydrogen-bond acceptors (Lipinski definition) is 5. The molecule has 2 aromatic heterocycles. The second kappa shape index (κ2) is 5.33. The van der Waals surface area contributed by atoms with Crippen LogP contribution in [0.3, 0.4) is 0 Å². The van der Waals surface area contributed by atoms with Crippen molar-refractivity contribution in [3.05, 3.63) is 29.0 Å². The van der Waals surface area contributed by atoms with Crippen molar-refractivity contribution in [1.82, 2.24) is 20.3 Å². The monoisotopic (exact) mass is 248 g/mol. The fourth-order valence-corrected chi connectivity index (χ4v) is 2.78. The average Bonchev–Trinajstić information content (AvgIpc) is 2.75. The molecule has 0 atom stereocenters. The zero-order valence-corrected chi connectivity index (χ0v) is 11.1. The maximum atomic E-state index is 4.65. The van der Waals surface area contributed by atoms with E-state index >= 15 is 0 Å². The summed E-state index contributed by atoms with van der Waals surface area (Å²) in [5.41, 5.74) is 1.15. The predicted molar refractivity (Wildman–Crippen MR) is 70.0 cm³/mol. The summed E-state index contributed by atoms with van der Waals surface area (Å²) in [6.45, 7) is 5.16. The van der Waals surface area contributed by atoms with E-state index in [4.69, 9.17) is 0 Å². The molecule has 0 unspecified atom stereocenters. The van der Waals surface area contributed by atoms with Crippen LogP contribution in [0, 0.1) is 0 Å². The van der Waals surface area contributed by atoms with Crippen LogP contribution in [0.4, 0.5) is 0 Å². The van der Waals surface area contributed by atoms with Crippen molar-refractivity contribution in [2.45, 2.75) is 26.3 Å². The maximum Gasteiger partial charge on any atom is 0.188 e. The first kappa shape index (κ1) is 12.1. The maximum absolute atomic E-state index is 4.65. The zero-order valence-electron chi connectivity index (χ0n) is 10.3. The number of rotatable bonds is 4. The van der Waals surface area contributed by atoms with Gasteiger partial charge in [-0.15, -0.1) is 11.3 Å². The van der Waals surface area contributed by atoms with E-state index in [1.165, 1.54) is 4.88 Å². The zero-order chi connectivity index (χ0) is 12.3. The lowest BCUT2D eigenvalue weighted by molar-refractivity contribution is 0.771. The summed E-state index contributed by atoms with van der Waals surface area (Å²) >= 11 is 1.67. The fourth-order valence-electron chi connectivity index (χ4n) is 1.61. The van der Waals surface area contributed by atoms with Crippen LogP contribution in [-0.4, -0.2) is 22.0 Å². The minimum atomic E-state index is 0.423. The molecule has 0 fully saturated rings. The molecule has 0 aliphatic rings. The van der Waals surface area contributed by atoms with Gasteiger partial charge >= 0.3 is 0 Å². The minimum Gasteiger partial charge on any atom is -0.315 e. The molecule has 0 amide bonds. The second-order valence-electron chi connectivity index (χ2n) is 4.08. The first-order chi connectivity index (χ1) is 8.22. The summed E-state index contributed by atoms with van der Waals surface area (Å²) < 4.78 is 0. The van der Waals surface area contributed by atoms with Crippen LogP contribution in [-0.2, 0) is 6.54 Å². The predicted octanol–water partition coefficient (Wildman–Crippen LogP) is 2.44. The Kier molecular flexibility index (Phi) is 3.81. The third-order valence-electron chi connectivity index (χ3n) is 2.37. The van der Waals surface area contributed by atoms with Gasteiger partial charge in [0.15, 0.2) is 10.8 Å². The van der Waals surface area contributed by atoms with Crippen LogP contribution in [0.15, 0.2) is 18.5 Å². The van der Waals surface area contributed by atoms with Crippen molar-refractivity contribution in [2.24, 2.45) is 0 Å². The summed E-state index contributed by atoms with van der Waals surface area (Å²) in [5.74, 6) is 1.13. The van der Waals surface area contributed by atoms with Gasteiger partial charge in [-0.1, -0.05) is 13.8 Å². The van der Waals surface area contributed by atoms with Crippen molar-refractivity contribution < 1.29 is 0 Å². The molecule has 4 nitrogen and oxygen atoms in total. The van der Waals surface area contributed by atoms with E-state index in [1.807, 2.05) is 13.1 Å². The van der Waals surface area contributed by atoms with E-state index < -0.39 is 0 Å². The van der Waals surface area contributed by atoms with Gasteiger partial charge in [0.25, 0.3) is 0 Å². The SMILES string of the molecule is CNCc1sc(-c2ncccn2)nc1C(C)C. The van der Waals surface area contributed by atoms with Gasteiger partial charge in [0, 0.05) is 23.8 Å². The third kappa shape index (κ3) is 2.68. The minimum absolute atomic E-state index is 0.423. The molecule has 0 aliphatic carbocycles. The van der Waals surface area contributed by atoms with E-state index in [0.717, 1.165) is 17.2 Å². The summed E-state index contributed by atoms with van der Waals surface area (Å²) in [4.78, 5) is 14.4. The van der Waals surface area contributed by atoms with Gasteiger partial charge in [-0.3, -0.25) is 0 Å². The normalized spacial score (nSPS) is 11.1. The molecule has 17 heavy (non-hydrogen) atoms. The fraction of sp³-hybridized carbons (Fsp3) is 0.417. The Bertz CT molecular complexity index is 479. The lowest BCUT2D eigenvalue weighted by Crippen LogP contribution is -2.06. The Balaban J connectivity index is 2.40.